The summed E-state index contributed by atoms with van der Waals surface area (Å²) in [5.41, 5.74) is 7.85. The molecule has 194 valence electrons. The van der Waals surface area contributed by atoms with E-state index in [9.17, 15) is 4.79 Å². The van der Waals surface area contributed by atoms with E-state index < -0.39 is 0 Å². The molecule has 0 atom stereocenters. The third-order valence-corrected chi connectivity index (χ3v) is 8.59. The van der Waals surface area contributed by atoms with Crippen molar-refractivity contribution in [3.63, 3.8) is 0 Å². The number of hydrogen-bond acceptors (Lipinski definition) is 5. The lowest BCUT2D eigenvalue weighted by Gasteiger charge is -2.20. The Hall–Kier alpha value is -4.30. The largest absolute Gasteiger partial charge is 0.353 e. The second kappa shape index (κ2) is 9.78. The number of H-pyrrole nitrogens is 2. The lowest BCUT2D eigenvalue weighted by Crippen LogP contribution is -2.24. The predicted molar refractivity (Wildman–Crippen MR) is 158 cm³/mol. The third-order valence-electron chi connectivity index (χ3n) is 7.59. The minimum absolute atomic E-state index is 0.112. The number of hydrogen-bond donors (Lipinski definition) is 3. The van der Waals surface area contributed by atoms with Crippen molar-refractivity contribution in [3.8, 4) is 33.2 Å². The number of aryl methyl sites for hydroxylation is 1. The van der Waals surface area contributed by atoms with E-state index in [0.717, 1.165) is 86.5 Å². The molecule has 1 aliphatic carbocycles. The van der Waals surface area contributed by atoms with Crippen LogP contribution < -0.4 is 5.32 Å². The maximum absolute atomic E-state index is 12.8. The molecule has 6 aromatic rings. The molecule has 39 heavy (non-hydrogen) atoms. The number of carbonyl (C=O) groups is 1. The van der Waals surface area contributed by atoms with E-state index in [0.29, 0.717) is 0 Å². The van der Waals surface area contributed by atoms with Gasteiger partial charge in [0.1, 0.15) is 11.2 Å². The summed E-state index contributed by atoms with van der Waals surface area (Å²) in [5.74, 6) is 0.235. The Morgan fingerprint density at radius 2 is 1.87 bits per heavy atom. The van der Waals surface area contributed by atoms with Crippen LogP contribution in [0.5, 0.6) is 0 Å². The summed E-state index contributed by atoms with van der Waals surface area (Å²) in [6.45, 7) is 2.11. The first-order chi connectivity index (χ1) is 19.1. The fourth-order valence-electron chi connectivity index (χ4n) is 5.55. The van der Waals surface area contributed by atoms with Crippen molar-refractivity contribution < 1.29 is 4.79 Å². The van der Waals surface area contributed by atoms with Crippen molar-refractivity contribution in [2.24, 2.45) is 5.92 Å². The number of carbonyl (C=O) groups excluding carboxylic acids is 1. The monoisotopic (exact) mass is 532 g/mol. The van der Waals surface area contributed by atoms with Crippen molar-refractivity contribution in [2.75, 3.05) is 5.32 Å². The van der Waals surface area contributed by atoms with Crippen molar-refractivity contribution in [1.29, 1.82) is 0 Å². The van der Waals surface area contributed by atoms with Gasteiger partial charge in [0.2, 0.25) is 5.91 Å². The Labute approximate surface area is 229 Å². The summed E-state index contributed by atoms with van der Waals surface area (Å²) < 4.78 is 0. The van der Waals surface area contributed by atoms with Crippen LogP contribution in [0.1, 0.15) is 37.0 Å². The van der Waals surface area contributed by atoms with Gasteiger partial charge in [-0.2, -0.15) is 5.10 Å². The topological polar surface area (TPSA) is 99.4 Å². The Balaban J connectivity index is 1.22. The highest BCUT2D eigenvalue weighted by Gasteiger charge is 2.21. The standard InChI is InChI=1S/C31H28N6OS/c1-18-10-13-27(39-18)28-22-17-26(34-24(22)14-15-32-28)30-29-25(36-37-30)12-11-23(35-29)20-8-5-9-21(16-20)33-31(38)19-6-3-2-4-7-19/h5,8-17,19,34H,2-4,6-7H2,1H3,(H,33,38)(H,36,37). The zero-order valence-electron chi connectivity index (χ0n) is 21.6. The number of amides is 1. The molecule has 7 nitrogen and oxygen atoms in total. The molecular formula is C31H28N6OS. The quantitative estimate of drug-likeness (QED) is 0.212. The van der Waals surface area contributed by atoms with Crippen molar-refractivity contribution in [3.05, 3.63) is 71.7 Å². The third kappa shape index (κ3) is 4.51. The van der Waals surface area contributed by atoms with Crippen LogP contribution in [0.4, 0.5) is 5.69 Å². The zero-order valence-corrected chi connectivity index (χ0v) is 22.4. The molecule has 0 aliphatic heterocycles. The van der Waals surface area contributed by atoms with Gasteiger partial charge in [0, 0.05) is 39.1 Å². The Morgan fingerprint density at radius 1 is 0.974 bits per heavy atom. The molecule has 5 heterocycles. The fourth-order valence-corrected chi connectivity index (χ4v) is 6.43. The van der Waals surface area contributed by atoms with E-state index in [1.165, 1.54) is 11.3 Å². The van der Waals surface area contributed by atoms with E-state index >= 15 is 0 Å². The first kappa shape index (κ1) is 23.8. The number of nitrogens with one attached hydrogen (secondary N) is 3. The van der Waals surface area contributed by atoms with Crippen LogP contribution in [0.25, 0.3) is 55.2 Å². The van der Waals surface area contributed by atoms with E-state index in [1.54, 1.807) is 11.3 Å². The van der Waals surface area contributed by atoms with Crippen LogP contribution in [0.3, 0.4) is 0 Å². The van der Waals surface area contributed by atoms with Crippen molar-refractivity contribution in [1.82, 2.24) is 25.1 Å². The molecule has 7 rings (SSSR count). The van der Waals surface area contributed by atoms with Gasteiger partial charge in [-0.1, -0.05) is 31.4 Å². The summed E-state index contributed by atoms with van der Waals surface area (Å²) >= 11 is 1.74. The SMILES string of the molecule is Cc1ccc(-c2nccc3[nH]c(-c4n[nH]c5ccc(-c6cccc(NC(=O)C7CCCCC7)c6)nc45)cc23)s1. The van der Waals surface area contributed by atoms with Crippen LogP contribution in [0.2, 0.25) is 0 Å². The number of rotatable bonds is 5. The van der Waals surface area contributed by atoms with Gasteiger partial charge in [-0.15, -0.1) is 11.3 Å². The maximum atomic E-state index is 12.8. The van der Waals surface area contributed by atoms with Gasteiger partial charge in [0.25, 0.3) is 0 Å². The molecule has 1 amide bonds. The molecule has 1 aliphatic rings. The van der Waals surface area contributed by atoms with Crippen LogP contribution in [0, 0.1) is 12.8 Å². The summed E-state index contributed by atoms with van der Waals surface area (Å²) in [7, 11) is 0. The van der Waals surface area contributed by atoms with Crippen molar-refractivity contribution >= 4 is 44.9 Å². The molecule has 3 N–H and O–H groups in total. The van der Waals surface area contributed by atoms with Gasteiger partial charge in [-0.05, 0) is 68.3 Å². The first-order valence-corrected chi connectivity index (χ1v) is 14.3. The minimum atomic E-state index is 0.112. The summed E-state index contributed by atoms with van der Waals surface area (Å²) in [6.07, 6.45) is 7.30. The predicted octanol–water partition coefficient (Wildman–Crippen LogP) is 7.72. The zero-order chi connectivity index (χ0) is 26.3. The summed E-state index contributed by atoms with van der Waals surface area (Å²) in [4.78, 5) is 28.4. The highest BCUT2D eigenvalue weighted by Crippen LogP contribution is 2.35. The minimum Gasteiger partial charge on any atom is -0.353 e. The van der Waals surface area contributed by atoms with E-state index in [4.69, 9.17) is 4.98 Å². The Kier molecular flexibility index (Phi) is 5.97. The molecule has 1 fully saturated rings. The van der Waals surface area contributed by atoms with Gasteiger partial charge in [-0.3, -0.25) is 14.9 Å². The number of thiophene rings is 1. The highest BCUT2D eigenvalue weighted by atomic mass is 32.1. The summed E-state index contributed by atoms with van der Waals surface area (Å²) in [6, 6.07) is 20.3. The molecule has 1 saturated carbocycles. The van der Waals surface area contributed by atoms with Gasteiger partial charge < -0.3 is 10.3 Å². The van der Waals surface area contributed by atoms with Crippen LogP contribution in [-0.2, 0) is 4.79 Å². The van der Waals surface area contributed by atoms with Gasteiger partial charge in [-0.25, -0.2) is 4.98 Å². The number of fused-ring (bicyclic) bond motifs is 2. The second-order valence-electron chi connectivity index (χ2n) is 10.3. The molecule has 0 bridgehead atoms. The van der Waals surface area contributed by atoms with E-state index in [1.807, 2.05) is 48.7 Å². The average molecular weight is 533 g/mol. The fraction of sp³-hybridized carbons (Fsp3) is 0.226. The van der Waals surface area contributed by atoms with Gasteiger partial charge >= 0.3 is 0 Å². The van der Waals surface area contributed by atoms with Gasteiger partial charge in [0.15, 0.2) is 0 Å². The van der Waals surface area contributed by atoms with Crippen LogP contribution in [0.15, 0.2) is 66.9 Å². The molecule has 8 heteroatoms. The van der Waals surface area contributed by atoms with E-state index in [2.05, 4.69) is 50.6 Å². The number of anilines is 1. The molecule has 0 saturated heterocycles. The lowest BCUT2D eigenvalue weighted by molar-refractivity contribution is -0.120. The Bertz CT molecular complexity index is 1820. The number of aromatic amines is 2. The van der Waals surface area contributed by atoms with Crippen molar-refractivity contribution in [2.45, 2.75) is 39.0 Å². The molecule has 0 radical (unpaired) electrons. The normalized spacial score (nSPS) is 14.3. The maximum Gasteiger partial charge on any atom is 0.227 e. The number of pyridine rings is 2. The molecular weight excluding hydrogens is 504 g/mol. The number of aromatic nitrogens is 5. The summed E-state index contributed by atoms with van der Waals surface area (Å²) in [5, 5.41) is 11.9. The van der Waals surface area contributed by atoms with Gasteiger partial charge in [0.05, 0.1) is 27.5 Å². The Morgan fingerprint density at radius 3 is 2.72 bits per heavy atom. The van der Waals surface area contributed by atoms with Crippen LogP contribution >= 0.6 is 11.3 Å². The number of benzene rings is 1. The second-order valence-corrected chi connectivity index (χ2v) is 11.6. The molecule has 5 aromatic heterocycles. The molecule has 1 aromatic carbocycles. The smallest absolute Gasteiger partial charge is 0.227 e. The molecule has 0 spiro atoms. The average Bonchev–Trinajstić information content (AvgIpc) is 3.71. The highest BCUT2D eigenvalue weighted by molar-refractivity contribution is 7.15. The first-order valence-electron chi connectivity index (χ1n) is 13.4. The van der Waals surface area contributed by atoms with E-state index in [-0.39, 0.29) is 11.8 Å². The van der Waals surface area contributed by atoms with Crippen LogP contribution in [-0.4, -0.2) is 31.1 Å². The number of nitrogens with zero attached hydrogens (tertiary/aromatic N) is 3. The molecule has 0 unspecified atom stereocenters. The lowest BCUT2D eigenvalue weighted by atomic mass is 9.88.